The average molecular weight is 362 g/mol. The minimum Gasteiger partial charge on any atom is -0.454 e. The van der Waals surface area contributed by atoms with E-state index in [1.165, 1.54) is 12.1 Å². The zero-order chi connectivity index (χ0) is 17.6. The number of benzene rings is 2. The highest BCUT2D eigenvalue weighted by Gasteiger charge is 2.35. The molecule has 0 radical (unpaired) electrons. The fourth-order valence-electron chi connectivity index (χ4n) is 3.01. The molecule has 2 aliphatic heterocycles. The molecule has 2 heterocycles. The van der Waals surface area contributed by atoms with E-state index in [2.05, 4.69) is 5.10 Å². The summed E-state index contributed by atoms with van der Waals surface area (Å²) in [7, 11) is -3.58. The van der Waals surface area contributed by atoms with Gasteiger partial charge in [0.2, 0.25) is 16.8 Å². The highest BCUT2D eigenvalue weighted by atomic mass is 32.2. The van der Waals surface area contributed by atoms with Gasteiger partial charge < -0.3 is 9.47 Å². The van der Waals surface area contributed by atoms with Crippen LogP contribution in [0.25, 0.3) is 0 Å². The molecule has 1 unspecified atom stereocenters. The topological polar surface area (TPSA) is 68.2 Å². The zero-order valence-electron chi connectivity index (χ0n) is 13.3. The summed E-state index contributed by atoms with van der Waals surface area (Å²) in [6, 6.07) is 10.8. The first-order valence-electron chi connectivity index (χ1n) is 7.64. The quantitative estimate of drug-likeness (QED) is 0.842. The molecule has 0 spiro atoms. The standard InChI is InChI=1S/C17H15FN2O4S/c1-25(21,22)20-15(12-5-6-16-17(8-12)24-10-23-16)9-14(19-20)11-3-2-4-13(18)7-11/h2-8,15H,9-10H2,1H3. The molecule has 0 bridgehead atoms. The molecular formula is C17H15FN2O4S. The lowest BCUT2D eigenvalue weighted by Crippen LogP contribution is -2.25. The van der Waals surface area contributed by atoms with Gasteiger partial charge in [0.25, 0.3) is 0 Å². The second-order valence-corrected chi connectivity index (χ2v) is 7.77. The van der Waals surface area contributed by atoms with Crippen LogP contribution < -0.4 is 9.47 Å². The van der Waals surface area contributed by atoms with Gasteiger partial charge in [-0.25, -0.2) is 12.8 Å². The van der Waals surface area contributed by atoms with Crippen LogP contribution in [-0.4, -0.2) is 31.6 Å². The van der Waals surface area contributed by atoms with Gasteiger partial charge >= 0.3 is 0 Å². The number of ether oxygens (including phenoxy) is 2. The van der Waals surface area contributed by atoms with Crippen LogP contribution in [0.5, 0.6) is 11.5 Å². The molecule has 0 amide bonds. The highest BCUT2D eigenvalue weighted by Crippen LogP contribution is 2.40. The maximum atomic E-state index is 13.5. The van der Waals surface area contributed by atoms with E-state index in [4.69, 9.17) is 9.47 Å². The summed E-state index contributed by atoms with van der Waals surface area (Å²) in [5, 5.41) is 4.25. The number of hydrogen-bond donors (Lipinski definition) is 0. The van der Waals surface area contributed by atoms with Crippen molar-refractivity contribution in [2.75, 3.05) is 13.0 Å². The first-order valence-corrected chi connectivity index (χ1v) is 9.49. The Hall–Kier alpha value is -2.61. The van der Waals surface area contributed by atoms with Gasteiger partial charge in [0, 0.05) is 12.0 Å². The molecule has 2 aromatic carbocycles. The molecule has 2 aromatic rings. The van der Waals surface area contributed by atoms with Crippen molar-refractivity contribution >= 4 is 15.7 Å². The Kier molecular flexibility index (Phi) is 3.64. The summed E-state index contributed by atoms with van der Waals surface area (Å²) in [6.45, 7) is 0.143. The van der Waals surface area contributed by atoms with E-state index in [9.17, 15) is 12.8 Å². The Morgan fingerprint density at radius 3 is 2.72 bits per heavy atom. The number of halogens is 1. The molecule has 0 fully saturated rings. The summed E-state index contributed by atoms with van der Waals surface area (Å²) < 4.78 is 49.6. The lowest BCUT2D eigenvalue weighted by Gasteiger charge is -2.21. The number of sulfonamides is 1. The van der Waals surface area contributed by atoms with Crippen LogP contribution in [0, 0.1) is 5.82 Å². The van der Waals surface area contributed by atoms with Gasteiger partial charge in [0.15, 0.2) is 11.5 Å². The molecule has 0 aromatic heterocycles. The minimum absolute atomic E-state index is 0.143. The smallest absolute Gasteiger partial charge is 0.247 e. The Balaban J connectivity index is 1.73. The molecule has 130 valence electrons. The second kappa shape index (κ2) is 5.73. The van der Waals surface area contributed by atoms with Gasteiger partial charge in [-0.3, -0.25) is 0 Å². The average Bonchev–Trinajstić information content (AvgIpc) is 3.20. The Labute approximate surface area is 144 Å². The van der Waals surface area contributed by atoms with Crippen molar-refractivity contribution < 1.29 is 22.3 Å². The van der Waals surface area contributed by atoms with Crippen molar-refractivity contribution in [3.8, 4) is 11.5 Å². The van der Waals surface area contributed by atoms with Crippen LogP contribution in [0.15, 0.2) is 47.6 Å². The van der Waals surface area contributed by atoms with Crippen molar-refractivity contribution in [1.29, 1.82) is 0 Å². The van der Waals surface area contributed by atoms with Gasteiger partial charge in [-0.2, -0.15) is 9.52 Å². The minimum atomic E-state index is -3.58. The van der Waals surface area contributed by atoms with Crippen LogP contribution in [0.2, 0.25) is 0 Å². The summed E-state index contributed by atoms with van der Waals surface area (Å²) in [6.07, 6.45) is 1.45. The number of hydrogen-bond acceptors (Lipinski definition) is 5. The van der Waals surface area contributed by atoms with Crippen molar-refractivity contribution in [1.82, 2.24) is 4.41 Å². The third kappa shape index (κ3) is 2.93. The largest absolute Gasteiger partial charge is 0.454 e. The van der Waals surface area contributed by atoms with Gasteiger partial charge in [-0.15, -0.1) is 0 Å². The molecule has 4 rings (SSSR count). The number of rotatable bonds is 3. The predicted molar refractivity (Wildman–Crippen MR) is 89.5 cm³/mol. The summed E-state index contributed by atoms with van der Waals surface area (Å²) >= 11 is 0. The van der Waals surface area contributed by atoms with E-state index in [0.717, 1.165) is 16.2 Å². The predicted octanol–water partition coefficient (Wildman–Crippen LogP) is 2.67. The molecule has 0 aliphatic carbocycles. The van der Waals surface area contributed by atoms with Gasteiger partial charge in [-0.05, 0) is 29.8 Å². The van der Waals surface area contributed by atoms with Crippen LogP contribution in [0.1, 0.15) is 23.6 Å². The number of nitrogens with zero attached hydrogens (tertiary/aromatic N) is 2. The second-order valence-electron chi connectivity index (χ2n) is 5.93. The Morgan fingerprint density at radius 2 is 1.96 bits per heavy atom. The number of fused-ring (bicyclic) bond motifs is 1. The first kappa shape index (κ1) is 15.9. The molecule has 2 aliphatic rings. The van der Waals surface area contributed by atoms with E-state index < -0.39 is 21.9 Å². The number of hydrazone groups is 1. The SMILES string of the molecule is CS(=O)(=O)N1N=C(c2cccc(F)c2)CC1c1ccc2c(c1)OCO2. The zero-order valence-corrected chi connectivity index (χ0v) is 14.2. The summed E-state index contributed by atoms with van der Waals surface area (Å²) in [5.41, 5.74) is 1.83. The van der Waals surface area contributed by atoms with Crippen molar-refractivity contribution in [3.63, 3.8) is 0 Å². The van der Waals surface area contributed by atoms with Crippen LogP contribution in [0.3, 0.4) is 0 Å². The molecule has 1 atom stereocenters. The normalized spacial score (nSPS) is 19.2. The van der Waals surface area contributed by atoms with E-state index in [-0.39, 0.29) is 6.79 Å². The lowest BCUT2D eigenvalue weighted by atomic mass is 9.99. The molecule has 0 saturated carbocycles. The third-order valence-corrected chi connectivity index (χ3v) is 5.17. The van der Waals surface area contributed by atoms with E-state index in [1.807, 2.05) is 0 Å². The fourth-order valence-corrected chi connectivity index (χ4v) is 3.91. The maximum absolute atomic E-state index is 13.5. The highest BCUT2D eigenvalue weighted by molar-refractivity contribution is 7.88. The van der Waals surface area contributed by atoms with Crippen LogP contribution >= 0.6 is 0 Å². The van der Waals surface area contributed by atoms with Crippen LogP contribution in [0.4, 0.5) is 4.39 Å². The molecule has 25 heavy (non-hydrogen) atoms. The van der Waals surface area contributed by atoms with Gasteiger partial charge in [0.1, 0.15) is 5.82 Å². The molecule has 8 heteroatoms. The van der Waals surface area contributed by atoms with Gasteiger partial charge in [0.05, 0.1) is 18.0 Å². The van der Waals surface area contributed by atoms with E-state index >= 15 is 0 Å². The first-order chi connectivity index (χ1) is 11.9. The lowest BCUT2D eigenvalue weighted by molar-refractivity contribution is 0.174. The maximum Gasteiger partial charge on any atom is 0.247 e. The molecule has 6 nitrogen and oxygen atoms in total. The summed E-state index contributed by atoms with van der Waals surface area (Å²) in [5.74, 6) is 0.807. The monoisotopic (exact) mass is 362 g/mol. The van der Waals surface area contributed by atoms with E-state index in [1.54, 1.807) is 30.3 Å². The molecule has 0 saturated heterocycles. The molecular weight excluding hydrogens is 347 g/mol. The van der Waals surface area contributed by atoms with Gasteiger partial charge in [-0.1, -0.05) is 18.2 Å². The van der Waals surface area contributed by atoms with Crippen molar-refractivity contribution in [2.45, 2.75) is 12.5 Å². The Bertz CT molecular complexity index is 974. The fraction of sp³-hybridized carbons (Fsp3) is 0.235. The third-order valence-electron chi connectivity index (χ3n) is 4.15. The van der Waals surface area contributed by atoms with E-state index in [0.29, 0.717) is 29.2 Å². The van der Waals surface area contributed by atoms with Crippen LogP contribution in [-0.2, 0) is 10.0 Å². The summed E-state index contributed by atoms with van der Waals surface area (Å²) in [4.78, 5) is 0. The molecule has 0 N–H and O–H groups in total. The van der Waals surface area contributed by atoms with Crippen molar-refractivity contribution in [3.05, 3.63) is 59.4 Å². The van der Waals surface area contributed by atoms with Crippen molar-refractivity contribution in [2.24, 2.45) is 5.10 Å². The Morgan fingerprint density at radius 1 is 1.16 bits per heavy atom.